The number of unbranched alkanes of at least 4 members (excludes halogenated alkanes) is 1. The van der Waals surface area contributed by atoms with Crippen molar-refractivity contribution < 1.29 is 47.3 Å². The number of likely N-dealkylation sites (tertiary alicyclic amines) is 1. The summed E-state index contributed by atoms with van der Waals surface area (Å²) in [6.45, 7) is 10.0. The van der Waals surface area contributed by atoms with Crippen molar-refractivity contribution >= 4 is 63.9 Å². The number of nitriles is 1. The third-order valence-corrected chi connectivity index (χ3v) is 12.0. The van der Waals surface area contributed by atoms with Crippen LogP contribution in [0, 0.1) is 22.6 Å². The summed E-state index contributed by atoms with van der Waals surface area (Å²) in [5.74, 6) is -1.43. The number of oxazole rings is 1. The van der Waals surface area contributed by atoms with E-state index in [1.54, 1.807) is 32.2 Å². The van der Waals surface area contributed by atoms with Crippen LogP contribution in [0.15, 0.2) is 77.7 Å². The van der Waals surface area contributed by atoms with Crippen LogP contribution in [0.3, 0.4) is 0 Å². The van der Waals surface area contributed by atoms with E-state index in [2.05, 4.69) is 15.6 Å². The fourth-order valence-electron chi connectivity index (χ4n) is 7.72. The van der Waals surface area contributed by atoms with Gasteiger partial charge in [0.2, 0.25) is 17.7 Å². The lowest BCUT2D eigenvalue weighted by molar-refractivity contribution is -0.144. The molecule has 3 N–H and O–H groups in total. The molecule has 67 heavy (non-hydrogen) atoms. The highest BCUT2D eigenvalue weighted by molar-refractivity contribution is 7.81. The number of halogens is 2. The van der Waals surface area contributed by atoms with E-state index >= 15 is 4.39 Å². The van der Waals surface area contributed by atoms with Crippen molar-refractivity contribution in [2.75, 3.05) is 49.4 Å². The Morgan fingerprint density at radius 1 is 1.04 bits per heavy atom. The van der Waals surface area contributed by atoms with Crippen molar-refractivity contribution in [1.82, 2.24) is 20.5 Å². The number of nitrogens with zero attached hydrogens (tertiary/aromatic N) is 5. The number of aromatic nitrogens is 1. The Labute approximate surface area is 399 Å². The number of hydrogen-bond donors (Lipinski definition) is 3. The van der Waals surface area contributed by atoms with Crippen molar-refractivity contribution in [2.24, 2.45) is 5.41 Å². The number of nitrogens with one attached hydrogen (secondary N) is 2. The predicted octanol–water partition coefficient (Wildman–Crippen LogP) is 6.31. The second-order valence-corrected chi connectivity index (χ2v) is 18.6. The molecule has 19 heteroatoms. The number of anilines is 2. The van der Waals surface area contributed by atoms with Crippen molar-refractivity contribution in [3.8, 4) is 23.1 Å². The van der Waals surface area contributed by atoms with Crippen molar-refractivity contribution in [3.05, 3.63) is 95.2 Å². The van der Waals surface area contributed by atoms with E-state index in [1.165, 1.54) is 45.4 Å². The molecule has 2 saturated heterocycles. The van der Waals surface area contributed by atoms with Crippen LogP contribution in [0.5, 0.6) is 5.75 Å². The number of carbonyl (C=O) groups is 4. The highest BCUT2D eigenvalue weighted by Gasteiger charge is 2.51. The first-order valence-electron chi connectivity index (χ1n) is 21.9. The molecule has 0 aliphatic carbocycles. The molecular formula is C48H55ClFN7O9S. The number of hydrogen-bond acceptors (Lipinski definition) is 12. The summed E-state index contributed by atoms with van der Waals surface area (Å²) in [6.07, 6.45) is 3.97. The largest absolute Gasteiger partial charge is 0.493 e. The summed E-state index contributed by atoms with van der Waals surface area (Å²) in [4.78, 5) is 61.7. The van der Waals surface area contributed by atoms with Crippen LogP contribution in [-0.2, 0) is 35.2 Å². The molecule has 0 radical (unpaired) electrons. The van der Waals surface area contributed by atoms with Crippen molar-refractivity contribution in [2.45, 2.75) is 90.6 Å². The van der Waals surface area contributed by atoms with Crippen LogP contribution < -0.4 is 25.2 Å². The number of benzene rings is 3. The third-order valence-electron chi connectivity index (χ3n) is 11.3. The Hall–Kier alpha value is -5.97. The summed E-state index contributed by atoms with van der Waals surface area (Å²) in [5, 5.41) is 25.6. The quantitative estimate of drug-likeness (QED) is 0.0658. The molecule has 6 rings (SSSR count). The van der Waals surface area contributed by atoms with Gasteiger partial charge in [-0.2, -0.15) is 5.26 Å². The van der Waals surface area contributed by atoms with Crippen molar-refractivity contribution in [3.63, 3.8) is 0 Å². The molecule has 356 valence electrons. The lowest BCUT2D eigenvalue weighted by Crippen LogP contribution is -2.58. The number of thiocarbonyl (C=S) groups is 1. The fourth-order valence-corrected chi connectivity index (χ4v) is 8.45. The second kappa shape index (κ2) is 22.2. The SMILES string of the molecule is CC(C)(C)C(NC(=O)COCCCOCCCCOc1ccc(N2C(=S)N(c3ccc(C#N)c(Cl)c3)C(=O)C2(C)C)c(F)c1)C(=O)N1C[C@H](O)C[C@H]1C(=O)NCc1ccc(-c2cnco2)cc1. The Morgan fingerprint density at radius 2 is 1.76 bits per heavy atom. The topological polar surface area (TPSA) is 200 Å². The second-order valence-electron chi connectivity index (χ2n) is 17.8. The molecule has 2 fully saturated rings. The van der Waals surface area contributed by atoms with E-state index in [1.807, 2.05) is 51.1 Å². The lowest BCUT2D eigenvalue weighted by atomic mass is 9.85. The fraction of sp³-hybridized carbons (Fsp3) is 0.438. The first kappa shape index (κ1) is 50.4. The van der Waals surface area contributed by atoms with Crippen LogP contribution in [0.2, 0.25) is 5.02 Å². The number of rotatable bonds is 20. The average molecular weight is 961 g/mol. The minimum absolute atomic E-state index is 0.0401. The van der Waals surface area contributed by atoms with Crippen molar-refractivity contribution in [1.29, 1.82) is 5.26 Å². The summed E-state index contributed by atoms with van der Waals surface area (Å²) in [6, 6.07) is 16.4. The number of carbonyl (C=O) groups excluding carboxylic acids is 4. The zero-order valence-electron chi connectivity index (χ0n) is 38.1. The standard InChI is InChI=1S/C48H55ClFN7O9S/c1-47(2,3)42(44(61)55-27-34(58)22-39(55)43(60)53-25-30-9-11-31(12-10-30)40-26-52-29-66-40)54-41(59)28-64-19-8-18-63-17-6-7-20-65-35-15-16-38(37(50)23-35)57-46(67)56(45(62)48(57,4)5)33-14-13-32(24-51)36(49)21-33/h9-16,21,23,26,29,34,39,42,58H,6-8,17-20,22,25,27-28H2,1-5H3,(H,53,60)(H,54,59)/t34-,39+,42?/m1/s1. The number of ether oxygens (including phenoxy) is 3. The van der Waals surface area contributed by atoms with Crippen LogP contribution in [-0.4, -0.2) is 107 Å². The van der Waals surface area contributed by atoms with Gasteiger partial charge in [0.05, 0.1) is 40.9 Å². The first-order chi connectivity index (χ1) is 31.9. The van der Waals surface area contributed by atoms with E-state index in [4.69, 9.17) is 42.4 Å². The maximum atomic E-state index is 15.6. The molecule has 3 atom stereocenters. The van der Waals surface area contributed by atoms with Gasteiger partial charge in [0.25, 0.3) is 5.91 Å². The molecule has 3 aromatic carbocycles. The minimum Gasteiger partial charge on any atom is -0.493 e. The Balaban J connectivity index is 0.865. The van der Waals surface area contributed by atoms with Gasteiger partial charge in [-0.05, 0) is 86.6 Å². The van der Waals surface area contributed by atoms with Crippen LogP contribution >= 0.6 is 23.8 Å². The molecule has 0 bridgehead atoms. The van der Waals surface area contributed by atoms with E-state index in [-0.39, 0.29) is 60.0 Å². The average Bonchev–Trinajstić information content (AvgIpc) is 4.01. The number of amides is 4. The van der Waals surface area contributed by atoms with Gasteiger partial charge in [-0.3, -0.25) is 24.1 Å². The number of β-amino-alcohol motifs (C(OH)–C–C–N with tert-alkyl or cyclic N) is 1. The molecule has 2 aliphatic heterocycles. The van der Waals surface area contributed by atoms with E-state index < -0.39 is 52.7 Å². The van der Waals surface area contributed by atoms with Gasteiger partial charge in [0, 0.05) is 51.0 Å². The third kappa shape index (κ3) is 12.3. The Morgan fingerprint density at radius 3 is 2.43 bits per heavy atom. The first-order valence-corrected chi connectivity index (χ1v) is 22.7. The van der Waals surface area contributed by atoms with Crippen LogP contribution in [0.1, 0.15) is 71.4 Å². The molecule has 2 aliphatic rings. The molecular weight excluding hydrogens is 905 g/mol. The molecule has 1 aromatic heterocycles. The highest BCUT2D eigenvalue weighted by atomic mass is 35.5. The Kier molecular flexibility index (Phi) is 16.7. The van der Waals surface area contributed by atoms with Gasteiger partial charge in [-0.15, -0.1) is 0 Å². The van der Waals surface area contributed by atoms with Gasteiger partial charge in [-0.1, -0.05) is 56.6 Å². The van der Waals surface area contributed by atoms with Gasteiger partial charge < -0.3 is 44.2 Å². The highest BCUT2D eigenvalue weighted by Crippen LogP contribution is 2.39. The molecule has 0 spiro atoms. The summed E-state index contributed by atoms with van der Waals surface area (Å²) in [7, 11) is 0. The molecule has 0 saturated carbocycles. The molecule has 4 aromatic rings. The zero-order valence-corrected chi connectivity index (χ0v) is 39.6. The maximum absolute atomic E-state index is 15.6. The van der Waals surface area contributed by atoms with Crippen LogP contribution in [0.25, 0.3) is 11.3 Å². The number of aliphatic hydroxyl groups excluding tert-OH is 1. The number of aliphatic hydroxyl groups is 1. The molecule has 16 nitrogen and oxygen atoms in total. The summed E-state index contributed by atoms with van der Waals surface area (Å²) in [5.41, 5.74) is 0.463. The monoisotopic (exact) mass is 959 g/mol. The van der Waals surface area contributed by atoms with Gasteiger partial charge >= 0.3 is 0 Å². The van der Waals surface area contributed by atoms with Gasteiger partial charge in [-0.25, -0.2) is 9.37 Å². The van der Waals surface area contributed by atoms with Gasteiger partial charge in [0.15, 0.2) is 23.1 Å². The normalized spacial score (nSPS) is 17.4. The Bertz CT molecular complexity index is 2460. The lowest BCUT2D eigenvalue weighted by Gasteiger charge is -2.35. The van der Waals surface area contributed by atoms with E-state index in [9.17, 15) is 29.5 Å². The molecule has 1 unspecified atom stereocenters. The molecule has 3 heterocycles. The van der Waals surface area contributed by atoms with Crippen LogP contribution in [0.4, 0.5) is 15.8 Å². The summed E-state index contributed by atoms with van der Waals surface area (Å²) < 4.78 is 37.9. The van der Waals surface area contributed by atoms with E-state index in [0.29, 0.717) is 56.3 Å². The maximum Gasteiger partial charge on any atom is 0.259 e. The smallest absolute Gasteiger partial charge is 0.259 e. The zero-order chi connectivity index (χ0) is 48.5. The van der Waals surface area contributed by atoms with E-state index in [0.717, 1.165) is 11.1 Å². The summed E-state index contributed by atoms with van der Waals surface area (Å²) >= 11 is 11.9. The molecule has 4 amide bonds. The predicted molar refractivity (Wildman–Crippen MR) is 251 cm³/mol. The van der Waals surface area contributed by atoms with Gasteiger partial charge in [0.1, 0.15) is 36.0 Å². The minimum atomic E-state index is -1.22.